The van der Waals surface area contributed by atoms with Gasteiger partial charge in [0.2, 0.25) is 5.91 Å². The Labute approximate surface area is 158 Å². The van der Waals surface area contributed by atoms with E-state index in [0.717, 1.165) is 16.5 Å². The van der Waals surface area contributed by atoms with Gasteiger partial charge >= 0.3 is 5.97 Å². The number of para-hydroxylation sites is 2. The number of hydrogen-bond donors (Lipinski definition) is 1. The van der Waals surface area contributed by atoms with Crippen molar-refractivity contribution in [1.29, 1.82) is 0 Å². The molecule has 0 saturated carbocycles. The Morgan fingerprint density at radius 3 is 2.56 bits per heavy atom. The van der Waals surface area contributed by atoms with E-state index in [1.807, 2.05) is 37.4 Å². The van der Waals surface area contributed by atoms with Crippen LogP contribution in [0.1, 0.15) is 36.2 Å². The van der Waals surface area contributed by atoms with Gasteiger partial charge in [0.25, 0.3) is 0 Å². The van der Waals surface area contributed by atoms with E-state index >= 15 is 0 Å². The number of nitrogens with zero attached hydrogens (tertiary/aromatic N) is 1. The summed E-state index contributed by atoms with van der Waals surface area (Å²) in [5, 5.41) is 1.14. The standard InChI is InChI=1S/C22H24N2O3/c1-3-24(20-12-8-6-10-18(20)22(26)27-4-2)21(25)14-13-16-15-23-19-11-7-5-9-17(16)19/h5-12,15,23H,3-4,13-14H2,1-2H3. The molecule has 3 aromatic rings. The summed E-state index contributed by atoms with van der Waals surface area (Å²) < 4.78 is 5.13. The van der Waals surface area contributed by atoms with Crippen LogP contribution in [0.2, 0.25) is 0 Å². The van der Waals surface area contributed by atoms with Crippen LogP contribution in [0, 0.1) is 0 Å². The molecule has 0 unspecified atom stereocenters. The number of rotatable bonds is 7. The van der Waals surface area contributed by atoms with Crippen LogP contribution >= 0.6 is 0 Å². The van der Waals surface area contributed by atoms with Crippen molar-refractivity contribution in [1.82, 2.24) is 4.98 Å². The second-order valence-corrected chi connectivity index (χ2v) is 6.24. The Morgan fingerprint density at radius 1 is 1.04 bits per heavy atom. The molecule has 1 N–H and O–H groups in total. The third-order valence-corrected chi connectivity index (χ3v) is 4.59. The van der Waals surface area contributed by atoms with Crippen molar-refractivity contribution in [3.05, 3.63) is 65.9 Å². The second-order valence-electron chi connectivity index (χ2n) is 6.24. The molecule has 0 aliphatic heterocycles. The molecule has 0 saturated heterocycles. The Bertz CT molecular complexity index is 945. The van der Waals surface area contributed by atoms with Crippen LogP contribution in [-0.2, 0) is 16.0 Å². The number of nitrogens with one attached hydrogen (secondary N) is 1. The fourth-order valence-corrected chi connectivity index (χ4v) is 3.29. The maximum absolute atomic E-state index is 12.9. The molecule has 0 radical (unpaired) electrons. The summed E-state index contributed by atoms with van der Waals surface area (Å²) in [4.78, 5) is 30.0. The molecule has 0 aliphatic carbocycles. The van der Waals surface area contributed by atoms with Gasteiger partial charge in [0.15, 0.2) is 0 Å². The van der Waals surface area contributed by atoms with Crippen LogP contribution in [-0.4, -0.2) is 30.0 Å². The number of aryl methyl sites for hydroxylation is 1. The zero-order valence-corrected chi connectivity index (χ0v) is 15.7. The minimum atomic E-state index is -0.407. The number of fused-ring (bicyclic) bond motifs is 1. The van der Waals surface area contributed by atoms with Crippen molar-refractivity contribution in [2.24, 2.45) is 0 Å². The Kier molecular flexibility index (Phi) is 5.91. The van der Waals surface area contributed by atoms with Crippen LogP contribution in [0.15, 0.2) is 54.7 Å². The van der Waals surface area contributed by atoms with E-state index < -0.39 is 5.97 Å². The van der Waals surface area contributed by atoms with E-state index in [-0.39, 0.29) is 5.91 Å². The van der Waals surface area contributed by atoms with Crippen molar-refractivity contribution in [3.8, 4) is 0 Å². The first kappa shape index (κ1) is 18.7. The van der Waals surface area contributed by atoms with Gasteiger partial charge in [-0.1, -0.05) is 30.3 Å². The van der Waals surface area contributed by atoms with Gasteiger partial charge in [-0.3, -0.25) is 4.79 Å². The number of hydrogen-bond acceptors (Lipinski definition) is 3. The summed E-state index contributed by atoms with van der Waals surface area (Å²) in [6, 6.07) is 15.2. The normalized spacial score (nSPS) is 10.7. The highest BCUT2D eigenvalue weighted by Gasteiger charge is 2.21. The lowest BCUT2D eigenvalue weighted by Crippen LogP contribution is -2.32. The number of benzene rings is 2. The van der Waals surface area contributed by atoms with Gasteiger partial charge in [-0.25, -0.2) is 4.79 Å². The van der Waals surface area contributed by atoms with Crippen molar-refractivity contribution in [2.75, 3.05) is 18.1 Å². The molecule has 0 atom stereocenters. The molecule has 3 rings (SSSR count). The molecule has 2 aromatic carbocycles. The summed E-state index contributed by atoms with van der Waals surface area (Å²) in [6.07, 6.45) is 2.97. The summed E-state index contributed by atoms with van der Waals surface area (Å²) in [6.45, 7) is 4.47. The highest BCUT2D eigenvalue weighted by Crippen LogP contribution is 2.24. The number of aromatic nitrogens is 1. The molecular weight excluding hydrogens is 340 g/mol. The van der Waals surface area contributed by atoms with E-state index in [0.29, 0.717) is 37.2 Å². The number of carbonyl (C=O) groups is 2. The van der Waals surface area contributed by atoms with Gasteiger partial charge in [-0.2, -0.15) is 0 Å². The molecule has 1 heterocycles. The minimum absolute atomic E-state index is 0.0143. The Hall–Kier alpha value is -3.08. The summed E-state index contributed by atoms with van der Waals surface area (Å²) in [5.41, 5.74) is 3.21. The molecule has 5 heteroatoms. The molecule has 1 amide bonds. The highest BCUT2D eigenvalue weighted by molar-refractivity contribution is 6.02. The van der Waals surface area contributed by atoms with E-state index in [1.54, 1.807) is 30.0 Å². The third-order valence-electron chi connectivity index (χ3n) is 4.59. The van der Waals surface area contributed by atoms with Gasteiger partial charge in [-0.05, 0) is 44.0 Å². The average Bonchev–Trinajstić information content (AvgIpc) is 3.11. The number of aromatic amines is 1. The molecular formula is C22H24N2O3. The zero-order chi connectivity index (χ0) is 19.2. The molecule has 27 heavy (non-hydrogen) atoms. The van der Waals surface area contributed by atoms with Gasteiger partial charge in [0, 0.05) is 30.1 Å². The average molecular weight is 364 g/mol. The lowest BCUT2D eigenvalue weighted by Gasteiger charge is -2.23. The Morgan fingerprint density at radius 2 is 1.78 bits per heavy atom. The topological polar surface area (TPSA) is 62.4 Å². The molecule has 5 nitrogen and oxygen atoms in total. The first-order valence-corrected chi connectivity index (χ1v) is 9.27. The number of anilines is 1. The maximum Gasteiger partial charge on any atom is 0.340 e. The van der Waals surface area contributed by atoms with Crippen molar-refractivity contribution in [3.63, 3.8) is 0 Å². The molecule has 1 aromatic heterocycles. The van der Waals surface area contributed by atoms with Crippen molar-refractivity contribution in [2.45, 2.75) is 26.7 Å². The van der Waals surface area contributed by atoms with E-state index in [1.165, 1.54) is 0 Å². The molecule has 0 aliphatic rings. The Balaban J connectivity index is 1.78. The first-order chi connectivity index (χ1) is 13.2. The monoisotopic (exact) mass is 364 g/mol. The lowest BCUT2D eigenvalue weighted by molar-refractivity contribution is -0.118. The molecule has 0 bridgehead atoms. The van der Waals surface area contributed by atoms with Crippen LogP contribution in [0.25, 0.3) is 10.9 Å². The summed E-state index contributed by atoms with van der Waals surface area (Å²) in [7, 11) is 0. The fourth-order valence-electron chi connectivity index (χ4n) is 3.29. The van der Waals surface area contributed by atoms with Crippen LogP contribution < -0.4 is 4.90 Å². The van der Waals surface area contributed by atoms with E-state index in [9.17, 15) is 9.59 Å². The molecule has 0 fully saturated rings. The summed E-state index contributed by atoms with van der Waals surface area (Å²) in [5.74, 6) is -0.421. The van der Waals surface area contributed by atoms with Gasteiger partial charge in [0.05, 0.1) is 17.9 Å². The van der Waals surface area contributed by atoms with Gasteiger partial charge in [0.1, 0.15) is 0 Å². The summed E-state index contributed by atoms with van der Waals surface area (Å²) >= 11 is 0. The maximum atomic E-state index is 12.9. The largest absolute Gasteiger partial charge is 0.462 e. The quantitative estimate of drug-likeness (QED) is 0.635. The number of esters is 1. The smallest absolute Gasteiger partial charge is 0.340 e. The van der Waals surface area contributed by atoms with Crippen molar-refractivity contribution < 1.29 is 14.3 Å². The van der Waals surface area contributed by atoms with Crippen LogP contribution in [0.4, 0.5) is 5.69 Å². The SMILES string of the molecule is CCOC(=O)c1ccccc1N(CC)C(=O)CCc1c[nH]c2ccccc12. The van der Waals surface area contributed by atoms with Crippen LogP contribution in [0.3, 0.4) is 0 Å². The van der Waals surface area contributed by atoms with Crippen LogP contribution in [0.5, 0.6) is 0 Å². The van der Waals surface area contributed by atoms with Crippen molar-refractivity contribution >= 4 is 28.5 Å². The second kappa shape index (κ2) is 8.54. The third kappa shape index (κ3) is 4.03. The van der Waals surface area contributed by atoms with E-state index in [2.05, 4.69) is 11.1 Å². The predicted octanol–water partition coefficient (Wildman–Crippen LogP) is 4.33. The number of carbonyl (C=O) groups excluding carboxylic acids is 2. The fraction of sp³-hybridized carbons (Fsp3) is 0.273. The number of amides is 1. The molecule has 0 spiro atoms. The number of ether oxygens (including phenoxy) is 1. The number of H-pyrrole nitrogens is 1. The molecule has 140 valence electrons. The van der Waals surface area contributed by atoms with E-state index in [4.69, 9.17) is 4.74 Å². The lowest BCUT2D eigenvalue weighted by atomic mass is 10.1. The van der Waals surface area contributed by atoms with Gasteiger partial charge in [-0.15, -0.1) is 0 Å². The zero-order valence-electron chi connectivity index (χ0n) is 15.7. The highest BCUT2D eigenvalue weighted by atomic mass is 16.5. The minimum Gasteiger partial charge on any atom is -0.462 e. The first-order valence-electron chi connectivity index (χ1n) is 9.27. The predicted molar refractivity (Wildman–Crippen MR) is 107 cm³/mol. The van der Waals surface area contributed by atoms with Gasteiger partial charge < -0.3 is 14.6 Å².